The standard InChI is InChI=1S/C20H18N4O2S/c1-21-15-7-8-16-18(9-15)24(23-20(16)14-5-3-2-4-6-14)19(10-26-13-25)17-11-27-12-22-17/h2-9,11-13,19,21H,10H2,1H3. The Hall–Kier alpha value is -3.19. The molecule has 27 heavy (non-hydrogen) atoms. The zero-order chi connectivity index (χ0) is 18.6. The van der Waals surface area contributed by atoms with Gasteiger partial charge < -0.3 is 10.1 Å². The van der Waals surface area contributed by atoms with Crippen LogP contribution in [0.4, 0.5) is 5.69 Å². The van der Waals surface area contributed by atoms with Crippen molar-refractivity contribution in [3.63, 3.8) is 0 Å². The zero-order valence-electron chi connectivity index (χ0n) is 14.7. The van der Waals surface area contributed by atoms with E-state index in [0.717, 1.165) is 33.5 Å². The number of benzene rings is 2. The predicted octanol–water partition coefficient (Wildman–Crippen LogP) is 3.96. The molecule has 136 valence electrons. The molecule has 2 aromatic carbocycles. The topological polar surface area (TPSA) is 69.0 Å². The van der Waals surface area contributed by atoms with Crippen molar-refractivity contribution in [2.75, 3.05) is 19.0 Å². The summed E-state index contributed by atoms with van der Waals surface area (Å²) in [7, 11) is 1.88. The molecule has 0 spiro atoms. The Balaban J connectivity index is 1.94. The first-order chi connectivity index (χ1) is 13.3. The van der Waals surface area contributed by atoms with Crippen LogP contribution in [-0.4, -0.2) is 34.9 Å². The molecule has 4 rings (SSSR count). The molecular weight excluding hydrogens is 360 g/mol. The minimum atomic E-state index is -0.298. The van der Waals surface area contributed by atoms with E-state index < -0.39 is 0 Å². The second-order valence-corrected chi connectivity index (χ2v) is 6.72. The van der Waals surface area contributed by atoms with Crippen molar-refractivity contribution in [3.05, 3.63) is 65.1 Å². The monoisotopic (exact) mass is 378 g/mol. The highest BCUT2D eigenvalue weighted by Gasteiger charge is 2.23. The maximum atomic E-state index is 10.8. The highest BCUT2D eigenvalue weighted by Crippen LogP contribution is 2.33. The molecule has 0 aliphatic carbocycles. The minimum Gasteiger partial charge on any atom is -0.465 e. The Bertz CT molecular complexity index is 1040. The average Bonchev–Trinajstić information content (AvgIpc) is 3.37. The van der Waals surface area contributed by atoms with E-state index in [1.165, 1.54) is 11.3 Å². The molecule has 6 nitrogen and oxygen atoms in total. The van der Waals surface area contributed by atoms with E-state index in [1.54, 1.807) is 5.51 Å². The highest BCUT2D eigenvalue weighted by atomic mass is 32.1. The molecule has 4 aromatic rings. The predicted molar refractivity (Wildman–Crippen MR) is 107 cm³/mol. The number of hydrogen-bond donors (Lipinski definition) is 1. The van der Waals surface area contributed by atoms with Gasteiger partial charge in [0.25, 0.3) is 6.47 Å². The van der Waals surface area contributed by atoms with Gasteiger partial charge in [0, 0.05) is 29.1 Å². The van der Waals surface area contributed by atoms with E-state index in [-0.39, 0.29) is 12.6 Å². The van der Waals surface area contributed by atoms with Gasteiger partial charge in [-0.25, -0.2) is 4.98 Å². The lowest BCUT2D eigenvalue weighted by Crippen LogP contribution is -2.18. The second kappa shape index (κ2) is 7.59. The van der Waals surface area contributed by atoms with Crippen LogP contribution in [-0.2, 0) is 9.53 Å². The van der Waals surface area contributed by atoms with Crippen LogP contribution in [0.3, 0.4) is 0 Å². The molecule has 1 atom stereocenters. The summed E-state index contributed by atoms with van der Waals surface area (Å²) in [5.74, 6) is 0. The molecule has 2 aromatic heterocycles. The van der Waals surface area contributed by atoms with Gasteiger partial charge in [0.15, 0.2) is 0 Å². The molecule has 0 saturated heterocycles. The Morgan fingerprint density at radius 1 is 1.26 bits per heavy atom. The van der Waals surface area contributed by atoms with E-state index in [9.17, 15) is 4.79 Å². The van der Waals surface area contributed by atoms with Crippen LogP contribution in [0.1, 0.15) is 11.7 Å². The maximum Gasteiger partial charge on any atom is 0.293 e. The van der Waals surface area contributed by atoms with Crippen LogP contribution < -0.4 is 5.32 Å². The van der Waals surface area contributed by atoms with Crippen LogP contribution in [0, 0.1) is 0 Å². The number of carbonyl (C=O) groups is 1. The summed E-state index contributed by atoms with van der Waals surface area (Å²) in [6.07, 6.45) is 0. The highest BCUT2D eigenvalue weighted by molar-refractivity contribution is 7.07. The lowest BCUT2D eigenvalue weighted by Gasteiger charge is -2.16. The largest absolute Gasteiger partial charge is 0.465 e. The molecule has 1 unspecified atom stereocenters. The van der Waals surface area contributed by atoms with Gasteiger partial charge in [-0.1, -0.05) is 30.3 Å². The molecule has 7 heteroatoms. The van der Waals surface area contributed by atoms with Crippen LogP contribution in [0.25, 0.3) is 22.2 Å². The number of carbonyl (C=O) groups excluding carboxylic acids is 1. The number of hydrogen-bond acceptors (Lipinski definition) is 6. The van der Waals surface area contributed by atoms with E-state index in [0.29, 0.717) is 6.47 Å². The summed E-state index contributed by atoms with van der Waals surface area (Å²) in [4.78, 5) is 15.2. The van der Waals surface area contributed by atoms with Crippen molar-refractivity contribution in [1.82, 2.24) is 14.8 Å². The Morgan fingerprint density at radius 3 is 2.81 bits per heavy atom. The van der Waals surface area contributed by atoms with Crippen molar-refractivity contribution in [3.8, 4) is 11.3 Å². The number of rotatable bonds is 7. The molecule has 0 amide bonds. The third-order valence-corrected chi connectivity index (χ3v) is 5.06. The molecule has 0 saturated carbocycles. The molecule has 2 heterocycles. The molecule has 0 aliphatic rings. The van der Waals surface area contributed by atoms with E-state index in [1.807, 2.05) is 53.5 Å². The number of fused-ring (bicyclic) bond motifs is 1. The fraction of sp³-hybridized carbons (Fsp3) is 0.150. The van der Waals surface area contributed by atoms with Gasteiger partial charge in [0.2, 0.25) is 0 Å². The van der Waals surface area contributed by atoms with E-state index in [4.69, 9.17) is 9.84 Å². The molecule has 1 N–H and O–H groups in total. The van der Waals surface area contributed by atoms with Gasteiger partial charge in [-0.3, -0.25) is 9.48 Å². The first-order valence-electron chi connectivity index (χ1n) is 8.50. The summed E-state index contributed by atoms with van der Waals surface area (Å²) >= 11 is 1.50. The maximum absolute atomic E-state index is 10.8. The van der Waals surface area contributed by atoms with Crippen molar-refractivity contribution in [1.29, 1.82) is 0 Å². The third-order valence-electron chi connectivity index (χ3n) is 4.45. The van der Waals surface area contributed by atoms with Crippen molar-refractivity contribution in [2.24, 2.45) is 0 Å². The van der Waals surface area contributed by atoms with Crippen LogP contribution >= 0.6 is 11.3 Å². The average molecular weight is 378 g/mol. The van der Waals surface area contributed by atoms with Crippen LogP contribution in [0.5, 0.6) is 0 Å². The second-order valence-electron chi connectivity index (χ2n) is 6.00. The number of thiazole rings is 1. The number of anilines is 1. The quantitative estimate of drug-likeness (QED) is 0.493. The van der Waals surface area contributed by atoms with Gasteiger partial charge in [-0.15, -0.1) is 11.3 Å². The van der Waals surface area contributed by atoms with Gasteiger partial charge >= 0.3 is 0 Å². The van der Waals surface area contributed by atoms with Crippen molar-refractivity contribution >= 4 is 34.4 Å². The zero-order valence-corrected chi connectivity index (χ0v) is 15.5. The van der Waals surface area contributed by atoms with E-state index in [2.05, 4.69) is 22.4 Å². The molecule has 0 fully saturated rings. The lowest BCUT2D eigenvalue weighted by atomic mass is 10.1. The number of ether oxygens (including phenoxy) is 1. The molecule has 0 radical (unpaired) electrons. The summed E-state index contributed by atoms with van der Waals surface area (Å²) in [6, 6.07) is 15.9. The SMILES string of the molecule is CNc1ccc2c(-c3ccccc3)nn(C(COC=O)c3cscn3)c2c1. The van der Waals surface area contributed by atoms with Crippen molar-refractivity contribution in [2.45, 2.75) is 6.04 Å². The summed E-state index contributed by atoms with van der Waals surface area (Å²) in [6.45, 7) is 0.629. The smallest absolute Gasteiger partial charge is 0.293 e. The minimum absolute atomic E-state index is 0.169. The Morgan fingerprint density at radius 2 is 2.11 bits per heavy atom. The lowest BCUT2D eigenvalue weighted by molar-refractivity contribution is -0.129. The van der Waals surface area contributed by atoms with Gasteiger partial charge in [-0.05, 0) is 18.2 Å². The first-order valence-corrected chi connectivity index (χ1v) is 9.45. The van der Waals surface area contributed by atoms with Gasteiger partial charge in [0.1, 0.15) is 18.3 Å². The number of aromatic nitrogens is 3. The molecule has 0 bridgehead atoms. The fourth-order valence-corrected chi connectivity index (χ4v) is 3.74. The summed E-state index contributed by atoms with van der Waals surface area (Å²) in [5, 5.41) is 11.1. The number of nitrogens with zero attached hydrogens (tertiary/aromatic N) is 3. The van der Waals surface area contributed by atoms with Gasteiger partial charge in [0.05, 0.1) is 16.7 Å². The summed E-state index contributed by atoms with van der Waals surface area (Å²) < 4.78 is 7.00. The van der Waals surface area contributed by atoms with Crippen molar-refractivity contribution < 1.29 is 9.53 Å². The summed E-state index contributed by atoms with van der Waals surface area (Å²) in [5.41, 5.74) is 6.45. The fourth-order valence-electron chi connectivity index (χ4n) is 3.14. The first kappa shape index (κ1) is 17.2. The Kier molecular flexibility index (Phi) is 4.84. The number of nitrogens with one attached hydrogen (secondary N) is 1. The van der Waals surface area contributed by atoms with Crippen LogP contribution in [0.2, 0.25) is 0 Å². The third kappa shape index (κ3) is 3.29. The normalized spacial score (nSPS) is 12.0. The van der Waals surface area contributed by atoms with Crippen LogP contribution in [0.15, 0.2) is 59.4 Å². The molecule has 0 aliphatic heterocycles. The molecular formula is C20H18N4O2S. The van der Waals surface area contributed by atoms with E-state index >= 15 is 0 Å². The Labute approximate surface area is 160 Å². The van der Waals surface area contributed by atoms with Gasteiger partial charge in [-0.2, -0.15) is 5.10 Å².